The molecule has 0 spiro atoms. The predicted molar refractivity (Wildman–Crippen MR) is 38.8 cm³/mol. The number of hydrogen-bond acceptors (Lipinski definition) is 2. The van der Waals surface area contributed by atoms with Gasteiger partial charge in [-0.2, -0.15) is 5.26 Å². The summed E-state index contributed by atoms with van der Waals surface area (Å²) in [5.74, 6) is 0. The minimum absolute atomic E-state index is 0. The molecular formula is C5H11BrN2. The fourth-order valence-electron chi connectivity index (χ4n) is 0.262. The van der Waals surface area contributed by atoms with E-state index in [1.807, 2.05) is 13.0 Å². The number of halogens is 1. The van der Waals surface area contributed by atoms with Crippen LogP contribution >= 0.6 is 17.0 Å². The smallest absolute Gasteiger partial charge is 0.0638 e. The van der Waals surface area contributed by atoms with Crippen molar-refractivity contribution in [3.8, 4) is 6.07 Å². The summed E-state index contributed by atoms with van der Waals surface area (Å²) in [5, 5.41) is 8.04. The Bertz CT molecular complexity index is 77.0. The molecule has 1 atom stereocenters. The van der Waals surface area contributed by atoms with Gasteiger partial charge < -0.3 is 5.73 Å². The van der Waals surface area contributed by atoms with Gasteiger partial charge in [-0.05, 0) is 6.42 Å². The van der Waals surface area contributed by atoms with Crippen molar-refractivity contribution in [2.45, 2.75) is 25.8 Å². The SMILES string of the molecule is Br.CCC(N)CC#N. The van der Waals surface area contributed by atoms with E-state index in [1.54, 1.807) is 0 Å². The third-order valence-electron chi connectivity index (χ3n) is 0.878. The van der Waals surface area contributed by atoms with E-state index >= 15 is 0 Å². The number of hydrogen-bond donors (Lipinski definition) is 1. The second kappa shape index (κ2) is 6.93. The first-order chi connectivity index (χ1) is 3.31. The zero-order chi connectivity index (χ0) is 5.70. The van der Waals surface area contributed by atoms with E-state index < -0.39 is 0 Å². The van der Waals surface area contributed by atoms with E-state index in [1.165, 1.54) is 0 Å². The molecule has 0 amide bonds. The van der Waals surface area contributed by atoms with Crippen LogP contribution in [-0.2, 0) is 0 Å². The number of nitrogens with two attached hydrogens (primary N) is 1. The van der Waals surface area contributed by atoms with Crippen LogP contribution in [-0.4, -0.2) is 6.04 Å². The van der Waals surface area contributed by atoms with Crippen LogP contribution in [0.2, 0.25) is 0 Å². The van der Waals surface area contributed by atoms with Crippen LogP contribution in [0, 0.1) is 11.3 Å². The second-order valence-electron chi connectivity index (χ2n) is 1.53. The molecule has 0 heterocycles. The average Bonchev–Trinajstić information content (AvgIpc) is 1.68. The monoisotopic (exact) mass is 178 g/mol. The fourth-order valence-corrected chi connectivity index (χ4v) is 0.262. The Hall–Kier alpha value is -0.0700. The normalized spacial score (nSPS) is 11.1. The summed E-state index contributed by atoms with van der Waals surface area (Å²) >= 11 is 0. The highest BCUT2D eigenvalue weighted by Crippen LogP contribution is 1.88. The summed E-state index contributed by atoms with van der Waals surface area (Å²) in [6, 6.07) is 2.08. The molecule has 8 heavy (non-hydrogen) atoms. The van der Waals surface area contributed by atoms with E-state index in [0.29, 0.717) is 6.42 Å². The highest BCUT2D eigenvalue weighted by Gasteiger charge is 1.93. The molecule has 0 radical (unpaired) electrons. The van der Waals surface area contributed by atoms with Crippen molar-refractivity contribution >= 4 is 17.0 Å². The molecule has 0 aromatic rings. The number of nitrogens with zero attached hydrogens (tertiary/aromatic N) is 1. The van der Waals surface area contributed by atoms with Crippen LogP contribution in [0.3, 0.4) is 0 Å². The Morgan fingerprint density at radius 2 is 2.25 bits per heavy atom. The van der Waals surface area contributed by atoms with Gasteiger partial charge in [0.2, 0.25) is 0 Å². The first-order valence-electron chi connectivity index (χ1n) is 2.43. The summed E-state index contributed by atoms with van der Waals surface area (Å²) < 4.78 is 0. The zero-order valence-corrected chi connectivity index (χ0v) is 6.64. The van der Waals surface area contributed by atoms with Crippen LogP contribution in [0.1, 0.15) is 19.8 Å². The van der Waals surface area contributed by atoms with E-state index in [-0.39, 0.29) is 23.0 Å². The highest BCUT2D eigenvalue weighted by molar-refractivity contribution is 8.93. The van der Waals surface area contributed by atoms with Gasteiger partial charge in [0.15, 0.2) is 0 Å². The molecule has 1 unspecified atom stereocenters. The van der Waals surface area contributed by atoms with Gasteiger partial charge in [-0.1, -0.05) is 6.92 Å². The van der Waals surface area contributed by atoms with E-state index in [9.17, 15) is 0 Å². The van der Waals surface area contributed by atoms with Crippen LogP contribution in [0.4, 0.5) is 0 Å². The molecule has 0 fully saturated rings. The molecule has 0 saturated carbocycles. The summed E-state index contributed by atoms with van der Waals surface area (Å²) in [5.41, 5.74) is 5.36. The Labute approximate surface area is 60.4 Å². The van der Waals surface area contributed by atoms with E-state index in [4.69, 9.17) is 11.0 Å². The first kappa shape index (κ1) is 10.8. The minimum atomic E-state index is 0. The van der Waals surface area contributed by atoms with Crippen LogP contribution in [0.25, 0.3) is 0 Å². The lowest BCUT2D eigenvalue weighted by atomic mass is 10.2. The quantitative estimate of drug-likeness (QED) is 0.692. The predicted octanol–water partition coefficient (Wildman–Crippen LogP) is 1.22. The molecule has 0 saturated heterocycles. The highest BCUT2D eigenvalue weighted by atomic mass is 79.9. The minimum Gasteiger partial charge on any atom is -0.327 e. The number of nitriles is 1. The van der Waals surface area contributed by atoms with Gasteiger partial charge >= 0.3 is 0 Å². The standard InChI is InChI=1S/C5H10N2.BrH/c1-2-5(7)3-4-6;/h5H,2-3,7H2,1H3;1H. The molecule has 0 rings (SSSR count). The molecule has 0 aliphatic carbocycles. The molecule has 3 heteroatoms. The summed E-state index contributed by atoms with van der Waals surface area (Å²) in [7, 11) is 0. The van der Waals surface area contributed by atoms with Crippen molar-refractivity contribution in [1.29, 1.82) is 5.26 Å². The van der Waals surface area contributed by atoms with Crippen molar-refractivity contribution in [2.75, 3.05) is 0 Å². The molecule has 48 valence electrons. The van der Waals surface area contributed by atoms with E-state index in [2.05, 4.69) is 0 Å². The molecule has 2 nitrogen and oxygen atoms in total. The summed E-state index contributed by atoms with van der Waals surface area (Å²) in [6.07, 6.45) is 1.38. The maximum atomic E-state index is 8.04. The van der Waals surface area contributed by atoms with Crippen molar-refractivity contribution in [3.05, 3.63) is 0 Å². The van der Waals surface area contributed by atoms with Crippen LogP contribution in [0.15, 0.2) is 0 Å². The maximum Gasteiger partial charge on any atom is 0.0638 e. The van der Waals surface area contributed by atoms with Crippen LogP contribution in [0.5, 0.6) is 0 Å². The van der Waals surface area contributed by atoms with Gasteiger partial charge in [-0.15, -0.1) is 17.0 Å². The lowest BCUT2D eigenvalue weighted by Gasteiger charge is -1.97. The molecule has 0 bridgehead atoms. The zero-order valence-electron chi connectivity index (χ0n) is 4.92. The van der Waals surface area contributed by atoms with Crippen LogP contribution < -0.4 is 5.73 Å². The van der Waals surface area contributed by atoms with Crippen molar-refractivity contribution in [3.63, 3.8) is 0 Å². The Morgan fingerprint density at radius 3 is 2.38 bits per heavy atom. The van der Waals surface area contributed by atoms with Gasteiger partial charge in [0.05, 0.1) is 12.5 Å². The van der Waals surface area contributed by atoms with Gasteiger partial charge in [0.1, 0.15) is 0 Å². The third-order valence-corrected chi connectivity index (χ3v) is 0.878. The molecule has 0 aromatic heterocycles. The molecule has 0 aliphatic heterocycles. The Kier molecular flexibility index (Phi) is 9.38. The Morgan fingerprint density at radius 1 is 1.75 bits per heavy atom. The Balaban J connectivity index is 0. The number of rotatable bonds is 2. The summed E-state index contributed by atoms with van der Waals surface area (Å²) in [6.45, 7) is 1.97. The molecule has 0 aromatic carbocycles. The van der Waals surface area contributed by atoms with Crippen molar-refractivity contribution in [1.82, 2.24) is 0 Å². The van der Waals surface area contributed by atoms with Gasteiger partial charge in [0.25, 0.3) is 0 Å². The second-order valence-corrected chi connectivity index (χ2v) is 1.53. The molecule has 0 aliphatic rings. The van der Waals surface area contributed by atoms with Gasteiger partial charge in [-0.25, -0.2) is 0 Å². The van der Waals surface area contributed by atoms with Gasteiger partial charge in [-0.3, -0.25) is 0 Å². The lowest BCUT2D eigenvalue weighted by molar-refractivity contribution is 0.665. The summed E-state index contributed by atoms with van der Waals surface area (Å²) in [4.78, 5) is 0. The fraction of sp³-hybridized carbons (Fsp3) is 0.800. The molecule has 2 N–H and O–H groups in total. The van der Waals surface area contributed by atoms with E-state index in [0.717, 1.165) is 6.42 Å². The van der Waals surface area contributed by atoms with Crippen molar-refractivity contribution < 1.29 is 0 Å². The maximum absolute atomic E-state index is 8.04. The average molecular weight is 179 g/mol. The molecular weight excluding hydrogens is 168 g/mol. The van der Waals surface area contributed by atoms with Gasteiger partial charge in [0, 0.05) is 6.04 Å². The van der Waals surface area contributed by atoms with Crippen molar-refractivity contribution in [2.24, 2.45) is 5.73 Å². The largest absolute Gasteiger partial charge is 0.327 e. The first-order valence-corrected chi connectivity index (χ1v) is 2.43. The third kappa shape index (κ3) is 5.93. The topological polar surface area (TPSA) is 49.8 Å². The lowest BCUT2D eigenvalue weighted by Crippen LogP contribution is -2.16.